The van der Waals surface area contributed by atoms with Crippen LogP contribution in [-0.2, 0) is 21.3 Å². The second-order valence-electron chi connectivity index (χ2n) is 5.86. The lowest BCUT2D eigenvalue weighted by Crippen LogP contribution is -2.45. The van der Waals surface area contributed by atoms with E-state index in [0.29, 0.717) is 19.0 Å². The molecule has 0 heterocycles. The smallest absolute Gasteiger partial charge is 0.240 e. The first kappa shape index (κ1) is 24.1. The van der Waals surface area contributed by atoms with Crippen LogP contribution in [0.2, 0.25) is 0 Å². The third-order valence-corrected chi connectivity index (χ3v) is 4.93. The van der Waals surface area contributed by atoms with Crippen molar-refractivity contribution in [3.8, 4) is 0 Å². The Kier molecular flexibility index (Phi) is 10.5. The average molecular weight is 484 g/mol. The van der Waals surface area contributed by atoms with E-state index in [1.165, 1.54) is 7.05 Å². The zero-order valence-electron chi connectivity index (χ0n) is 15.4. The average Bonchev–Trinajstić information content (AvgIpc) is 2.57. The molecule has 0 spiro atoms. The third kappa shape index (κ3) is 8.34. The van der Waals surface area contributed by atoms with Crippen LogP contribution in [-0.4, -0.2) is 47.2 Å². The number of halogens is 1. The molecule has 0 saturated carbocycles. The summed E-state index contributed by atoms with van der Waals surface area (Å²) < 4.78 is 31.1. The van der Waals surface area contributed by atoms with Gasteiger partial charge in [-0.05, 0) is 45.5 Å². The van der Waals surface area contributed by atoms with Crippen LogP contribution in [0.5, 0.6) is 0 Å². The highest BCUT2D eigenvalue weighted by Gasteiger charge is 2.16. The SMILES string of the molecule is CCNC(=NCc1ccc(S(=O)(=O)NC)cc1)NCC(C)(C)OC.I. The van der Waals surface area contributed by atoms with Crippen molar-refractivity contribution in [1.82, 2.24) is 15.4 Å². The van der Waals surface area contributed by atoms with Crippen molar-refractivity contribution in [2.45, 2.75) is 37.8 Å². The van der Waals surface area contributed by atoms with E-state index >= 15 is 0 Å². The molecule has 0 unspecified atom stereocenters. The Morgan fingerprint density at radius 3 is 2.28 bits per heavy atom. The molecule has 0 saturated heterocycles. The number of hydrogen-bond acceptors (Lipinski definition) is 4. The summed E-state index contributed by atoms with van der Waals surface area (Å²) in [5, 5.41) is 6.41. The maximum atomic E-state index is 11.7. The van der Waals surface area contributed by atoms with Crippen molar-refractivity contribution in [2.24, 2.45) is 4.99 Å². The monoisotopic (exact) mass is 484 g/mol. The van der Waals surface area contributed by atoms with Crippen LogP contribution in [0.25, 0.3) is 0 Å². The van der Waals surface area contributed by atoms with Crippen molar-refractivity contribution < 1.29 is 13.2 Å². The summed E-state index contributed by atoms with van der Waals surface area (Å²) in [6.07, 6.45) is 0. The van der Waals surface area contributed by atoms with Crippen molar-refractivity contribution in [1.29, 1.82) is 0 Å². The molecule has 0 bridgehead atoms. The minimum atomic E-state index is -3.41. The molecule has 0 amide bonds. The van der Waals surface area contributed by atoms with Gasteiger partial charge < -0.3 is 15.4 Å². The molecule has 1 rings (SSSR count). The van der Waals surface area contributed by atoms with Crippen LogP contribution in [0.1, 0.15) is 26.3 Å². The molecule has 0 aliphatic heterocycles. The lowest BCUT2D eigenvalue weighted by Gasteiger charge is -2.24. The molecule has 0 aliphatic carbocycles. The predicted molar refractivity (Wildman–Crippen MR) is 112 cm³/mol. The number of methoxy groups -OCH3 is 1. The van der Waals surface area contributed by atoms with Gasteiger partial charge in [0.2, 0.25) is 10.0 Å². The second-order valence-corrected chi connectivity index (χ2v) is 7.75. The first-order chi connectivity index (χ1) is 11.2. The molecule has 9 heteroatoms. The fourth-order valence-corrected chi connectivity index (χ4v) is 2.50. The van der Waals surface area contributed by atoms with Gasteiger partial charge in [-0.3, -0.25) is 0 Å². The lowest BCUT2D eigenvalue weighted by molar-refractivity contribution is 0.0268. The van der Waals surface area contributed by atoms with Gasteiger partial charge in [-0.25, -0.2) is 18.1 Å². The lowest BCUT2D eigenvalue weighted by atomic mass is 10.1. The van der Waals surface area contributed by atoms with E-state index in [4.69, 9.17) is 4.74 Å². The van der Waals surface area contributed by atoms with Gasteiger partial charge in [0, 0.05) is 20.2 Å². The zero-order valence-corrected chi connectivity index (χ0v) is 18.6. The maximum absolute atomic E-state index is 11.7. The van der Waals surface area contributed by atoms with Crippen molar-refractivity contribution >= 4 is 40.0 Å². The number of guanidine groups is 1. The van der Waals surface area contributed by atoms with E-state index in [1.807, 2.05) is 20.8 Å². The van der Waals surface area contributed by atoms with E-state index in [-0.39, 0.29) is 34.5 Å². The molecule has 1 aromatic rings. The summed E-state index contributed by atoms with van der Waals surface area (Å²) >= 11 is 0. The Morgan fingerprint density at radius 1 is 1.20 bits per heavy atom. The predicted octanol–water partition coefficient (Wildman–Crippen LogP) is 1.69. The number of aliphatic imine (C=N–C) groups is 1. The third-order valence-electron chi connectivity index (χ3n) is 3.50. The molecule has 0 aromatic heterocycles. The quantitative estimate of drug-likeness (QED) is 0.297. The molecule has 3 N–H and O–H groups in total. The fourth-order valence-electron chi connectivity index (χ4n) is 1.77. The van der Waals surface area contributed by atoms with Crippen LogP contribution in [0, 0.1) is 0 Å². The molecule has 0 fully saturated rings. The minimum Gasteiger partial charge on any atom is -0.377 e. The summed E-state index contributed by atoms with van der Waals surface area (Å²) in [7, 11) is -0.342. The standard InChI is InChI=1S/C16H28N4O3S.HI/c1-6-18-15(20-12-16(2,3)23-5)19-11-13-7-9-14(10-8-13)24(21,22)17-4;/h7-10,17H,6,11-12H2,1-5H3,(H2,18,19,20);1H. The van der Waals surface area contributed by atoms with Gasteiger partial charge in [-0.15, -0.1) is 24.0 Å². The van der Waals surface area contributed by atoms with Crippen molar-refractivity contribution in [3.63, 3.8) is 0 Å². The number of hydrogen-bond donors (Lipinski definition) is 3. The number of sulfonamides is 1. The van der Waals surface area contributed by atoms with Crippen molar-refractivity contribution in [2.75, 3.05) is 27.2 Å². The van der Waals surface area contributed by atoms with Crippen LogP contribution in [0.15, 0.2) is 34.2 Å². The molecule has 0 atom stereocenters. The van der Waals surface area contributed by atoms with Gasteiger partial charge in [0.25, 0.3) is 0 Å². The number of benzene rings is 1. The highest BCUT2D eigenvalue weighted by Crippen LogP contribution is 2.11. The molecule has 0 aliphatic rings. The van der Waals surface area contributed by atoms with Crippen LogP contribution >= 0.6 is 24.0 Å². The van der Waals surface area contributed by atoms with Gasteiger partial charge >= 0.3 is 0 Å². The summed E-state index contributed by atoms with van der Waals surface area (Å²) in [4.78, 5) is 4.75. The van der Waals surface area contributed by atoms with E-state index in [0.717, 1.165) is 12.1 Å². The first-order valence-corrected chi connectivity index (χ1v) is 9.32. The molecular formula is C16H29IN4O3S. The van der Waals surface area contributed by atoms with Crippen molar-refractivity contribution in [3.05, 3.63) is 29.8 Å². The van der Waals surface area contributed by atoms with Crippen LogP contribution in [0.4, 0.5) is 0 Å². The Hall–Kier alpha value is -0.910. The molecule has 25 heavy (non-hydrogen) atoms. The van der Waals surface area contributed by atoms with E-state index in [2.05, 4.69) is 20.3 Å². The van der Waals surface area contributed by atoms with Crippen LogP contribution < -0.4 is 15.4 Å². The van der Waals surface area contributed by atoms with Gasteiger partial charge in [0.15, 0.2) is 5.96 Å². The zero-order chi connectivity index (χ0) is 18.2. The normalized spacial score (nSPS) is 12.4. The van der Waals surface area contributed by atoms with E-state index in [1.54, 1.807) is 31.4 Å². The Balaban J connectivity index is 0.00000576. The Morgan fingerprint density at radius 2 is 1.80 bits per heavy atom. The second kappa shape index (κ2) is 10.9. The van der Waals surface area contributed by atoms with Gasteiger partial charge in [0.1, 0.15) is 0 Å². The Labute approximate surface area is 168 Å². The largest absolute Gasteiger partial charge is 0.377 e. The maximum Gasteiger partial charge on any atom is 0.240 e. The van der Waals surface area contributed by atoms with E-state index in [9.17, 15) is 8.42 Å². The number of nitrogens with zero attached hydrogens (tertiary/aromatic N) is 1. The summed E-state index contributed by atoms with van der Waals surface area (Å²) in [5.74, 6) is 0.689. The first-order valence-electron chi connectivity index (χ1n) is 7.84. The van der Waals surface area contributed by atoms with Gasteiger partial charge in [-0.2, -0.15) is 0 Å². The topological polar surface area (TPSA) is 91.8 Å². The number of ether oxygens (including phenoxy) is 1. The van der Waals surface area contributed by atoms with Gasteiger partial charge in [-0.1, -0.05) is 12.1 Å². The number of nitrogens with one attached hydrogen (secondary N) is 3. The number of rotatable bonds is 8. The molecular weight excluding hydrogens is 455 g/mol. The summed E-state index contributed by atoms with van der Waals surface area (Å²) in [5.41, 5.74) is 0.632. The fraction of sp³-hybridized carbons (Fsp3) is 0.562. The van der Waals surface area contributed by atoms with Crippen LogP contribution in [0.3, 0.4) is 0 Å². The molecule has 144 valence electrons. The molecule has 1 aromatic carbocycles. The highest BCUT2D eigenvalue weighted by molar-refractivity contribution is 14.0. The summed E-state index contributed by atoms with van der Waals surface area (Å²) in [6, 6.07) is 6.67. The highest BCUT2D eigenvalue weighted by atomic mass is 127. The molecule has 7 nitrogen and oxygen atoms in total. The van der Waals surface area contributed by atoms with E-state index < -0.39 is 10.0 Å². The summed E-state index contributed by atoms with van der Waals surface area (Å²) in [6.45, 7) is 7.79. The minimum absolute atomic E-state index is 0. The Bertz CT molecular complexity index is 646. The van der Waals surface area contributed by atoms with Gasteiger partial charge in [0.05, 0.1) is 17.0 Å². The molecule has 0 radical (unpaired) electrons.